The molecule has 1 heterocycles. The molecule has 1 aromatic carbocycles. The van der Waals surface area contributed by atoms with E-state index < -0.39 is 9.84 Å². The van der Waals surface area contributed by atoms with Crippen molar-refractivity contribution in [2.24, 2.45) is 5.92 Å². The number of anilines is 1. The lowest BCUT2D eigenvalue weighted by Crippen LogP contribution is -2.24. The Bertz CT molecular complexity index is 975. The van der Waals surface area contributed by atoms with Crippen molar-refractivity contribution < 1.29 is 22.7 Å². The largest absolute Gasteiger partial charge is 0.462 e. The average Bonchev–Trinajstić information content (AvgIpc) is 3.02. The van der Waals surface area contributed by atoms with Crippen LogP contribution in [0.2, 0.25) is 0 Å². The maximum Gasteiger partial charge on any atom is 0.306 e. The van der Waals surface area contributed by atoms with Crippen LogP contribution in [0, 0.1) is 5.92 Å². The molecule has 152 valence electrons. The Morgan fingerprint density at radius 3 is 2.61 bits per heavy atom. The molecular formula is C19H24N2O5S2. The minimum Gasteiger partial charge on any atom is -0.462 e. The standard InChI is InChI=1S/C19H24N2O5S2/c1-12-3-5-13(6-4-12)26-18(23)10-9-17(22)21-19-20-15-8-7-14(28(2,24)25)11-16(15)27-19/h7-8,11-13H,3-6,9-10H2,1-2H3,(H,20,21,22). The summed E-state index contributed by atoms with van der Waals surface area (Å²) in [4.78, 5) is 28.5. The number of ether oxygens (including phenoxy) is 1. The van der Waals surface area contributed by atoms with Crippen LogP contribution in [0.1, 0.15) is 45.4 Å². The zero-order valence-electron chi connectivity index (χ0n) is 15.9. The minimum atomic E-state index is -3.30. The summed E-state index contributed by atoms with van der Waals surface area (Å²) in [5.74, 6) is 0.0106. The van der Waals surface area contributed by atoms with Crippen molar-refractivity contribution in [2.75, 3.05) is 11.6 Å². The molecule has 9 heteroatoms. The highest BCUT2D eigenvalue weighted by Crippen LogP contribution is 2.28. The lowest BCUT2D eigenvalue weighted by molar-refractivity contribution is -0.151. The highest BCUT2D eigenvalue weighted by atomic mass is 32.2. The summed E-state index contributed by atoms with van der Waals surface area (Å²) in [5.41, 5.74) is 0.610. The SMILES string of the molecule is CC1CCC(OC(=O)CCC(=O)Nc2nc3ccc(S(C)(=O)=O)cc3s2)CC1. The fourth-order valence-corrected chi connectivity index (χ4v) is 4.82. The van der Waals surface area contributed by atoms with Crippen LogP contribution in [0.25, 0.3) is 10.2 Å². The van der Waals surface area contributed by atoms with Gasteiger partial charge in [-0.15, -0.1) is 0 Å². The van der Waals surface area contributed by atoms with Gasteiger partial charge in [0.1, 0.15) is 6.10 Å². The van der Waals surface area contributed by atoms with Gasteiger partial charge in [-0.25, -0.2) is 13.4 Å². The average molecular weight is 425 g/mol. The van der Waals surface area contributed by atoms with Gasteiger partial charge in [-0.2, -0.15) is 0 Å². The van der Waals surface area contributed by atoms with Crippen molar-refractivity contribution in [3.63, 3.8) is 0 Å². The molecule has 0 bridgehead atoms. The number of fused-ring (bicyclic) bond motifs is 1. The van der Waals surface area contributed by atoms with Crippen molar-refractivity contribution in [2.45, 2.75) is 56.4 Å². The van der Waals surface area contributed by atoms with Crippen molar-refractivity contribution in [1.82, 2.24) is 4.98 Å². The molecule has 7 nitrogen and oxygen atoms in total. The third kappa shape index (κ3) is 5.51. The van der Waals surface area contributed by atoms with E-state index in [1.165, 1.54) is 17.4 Å². The predicted octanol–water partition coefficient (Wildman–Crippen LogP) is 3.54. The molecule has 28 heavy (non-hydrogen) atoms. The van der Waals surface area contributed by atoms with Gasteiger partial charge < -0.3 is 10.1 Å². The second-order valence-electron chi connectivity index (χ2n) is 7.34. The van der Waals surface area contributed by atoms with Gasteiger partial charge in [0.15, 0.2) is 15.0 Å². The van der Waals surface area contributed by atoms with Crippen LogP contribution in [0.5, 0.6) is 0 Å². The molecule has 1 aromatic heterocycles. The van der Waals surface area contributed by atoms with Crippen LogP contribution >= 0.6 is 11.3 Å². The highest BCUT2D eigenvalue weighted by molar-refractivity contribution is 7.90. The fraction of sp³-hybridized carbons (Fsp3) is 0.526. The van der Waals surface area contributed by atoms with E-state index in [-0.39, 0.29) is 35.7 Å². The molecule has 1 N–H and O–H groups in total. The number of esters is 1. The van der Waals surface area contributed by atoms with E-state index in [1.807, 2.05) is 0 Å². The number of nitrogens with one attached hydrogen (secondary N) is 1. The van der Waals surface area contributed by atoms with Crippen LogP contribution in [0.15, 0.2) is 23.1 Å². The first kappa shape index (κ1) is 20.7. The Balaban J connectivity index is 1.51. The van der Waals surface area contributed by atoms with Gasteiger partial charge in [0.05, 0.1) is 21.5 Å². The lowest BCUT2D eigenvalue weighted by atomic mass is 9.89. The Hall–Kier alpha value is -2.00. The molecule has 3 rings (SSSR count). The third-order valence-electron chi connectivity index (χ3n) is 4.85. The summed E-state index contributed by atoms with van der Waals surface area (Å²) >= 11 is 1.20. The molecular weight excluding hydrogens is 400 g/mol. The van der Waals surface area contributed by atoms with Gasteiger partial charge in [-0.05, 0) is 49.8 Å². The van der Waals surface area contributed by atoms with Gasteiger partial charge in [0.25, 0.3) is 0 Å². The molecule has 0 atom stereocenters. The van der Waals surface area contributed by atoms with E-state index in [9.17, 15) is 18.0 Å². The van der Waals surface area contributed by atoms with Gasteiger partial charge in [-0.3, -0.25) is 9.59 Å². The van der Waals surface area contributed by atoms with Gasteiger partial charge in [-0.1, -0.05) is 18.3 Å². The number of thiazole rings is 1. The highest BCUT2D eigenvalue weighted by Gasteiger charge is 2.22. The van der Waals surface area contributed by atoms with E-state index >= 15 is 0 Å². The molecule has 1 saturated carbocycles. The monoisotopic (exact) mass is 424 g/mol. The van der Waals surface area contributed by atoms with Crippen LogP contribution in [0.3, 0.4) is 0 Å². The molecule has 1 aliphatic rings. The number of nitrogens with zero attached hydrogens (tertiary/aromatic N) is 1. The van der Waals surface area contributed by atoms with Gasteiger partial charge >= 0.3 is 5.97 Å². The molecule has 2 aromatic rings. The number of sulfone groups is 1. The molecule has 0 unspecified atom stereocenters. The van der Waals surface area contributed by atoms with E-state index in [2.05, 4.69) is 17.2 Å². The van der Waals surface area contributed by atoms with E-state index in [4.69, 9.17) is 4.74 Å². The summed E-state index contributed by atoms with van der Waals surface area (Å²) in [5, 5.41) is 3.04. The van der Waals surface area contributed by atoms with Crippen LogP contribution in [0.4, 0.5) is 5.13 Å². The predicted molar refractivity (Wildman–Crippen MR) is 108 cm³/mol. The number of hydrogen-bond donors (Lipinski definition) is 1. The Kier molecular flexibility index (Phi) is 6.34. The van der Waals surface area contributed by atoms with Crippen LogP contribution in [-0.2, 0) is 24.2 Å². The second-order valence-corrected chi connectivity index (χ2v) is 10.4. The molecule has 0 spiro atoms. The van der Waals surface area contributed by atoms with Crippen molar-refractivity contribution in [3.05, 3.63) is 18.2 Å². The molecule has 1 fully saturated rings. The molecule has 1 aliphatic carbocycles. The van der Waals surface area contributed by atoms with E-state index in [0.29, 0.717) is 21.3 Å². The zero-order valence-corrected chi connectivity index (χ0v) is 17.6. The number of aromatic nitrogens is 1. The van der Waals surface area contributed by atoms with Gasteiger partial charge in [0, 0.05) is 12.7 Å². The van der Waals surface area contributed by atoms with E-state index in [1.54, 1.807) is 12.1 Å². The fourth-order valence-electron chi connectivity index (χ4n) is 3.18. The molecule has 0 aliphatic heterocycles. The van der Waals surface area contributed by atoms with Crippen molar-refractivity contribution in [1.29, 1.82) is 0 Å². The Morgan fingerprint density at radius 1 is 1.21 bits per heavy atom. The van der Waals surface area contributed by atoms with Crippen molar-refractivity contribution in [3.8, 4) is 0 Å². The quantitative estimate of drug-likeness (QED) is 0.712. The topological polar surface area (TPSA) is 102 Å². The molecule has 0 saturated heterocycles. The Morgan fingerprint density at radius 2 is 1.93 bits per heavy atom. The van der Waals surface area contributed by atoms with Crippen molar-refractivity contribution >= 4 is 48.4 Å². The second kappa shape index (κ2) is 8.57. The van der Waals surface area contributed by atoms with Crippen LogP contribution in [-0.4, -0.2) is 37.6 Å². The Labute approximate surface area is 168 Å². The first-order chi connectivity index (χ1) is 13.2. The number of carbonyl (C=O) groups is 2. The number of rotatable bonds is 6. The number of benzene rings is 1. The van der Waals surface area contributed by atoms with Crippen LogP contribution < -0.4 is 5.32 Å². The lowest BCUT2D eigenvalue weighted by Gasteiger charge is -2.25. The first-order valence-electron chi connectivity index (χ1n) is 9.30. The normalized spacial score (nSPS) is 20.1. The third-order valence-corrected chi connectivity index (χ3v) is 6.90. The number of carbonyl (C=O) groups excluding carboxylic acids is 2. The maximum atomic E-state index is 12.1. The summed E-state index contributed by atoms with van der Waals surface area (Å²) < 4.78 is 29.4. The maximum absolute atomic E-state index is 12.1. The number of hydrogen-bond acceptors (Lipinski definition) is 7. The smallest absolute Gasteiger partial charge is 0.306 e. The summed E-state index contributed by atoms with van der Waals surface area (Å²) in [7, 11) is -3.30. The molecule has 0 radical (unpaired) electrons. The summed E-state index contributed by atoms with van der Waals surface area (Å²) in [6.45, 7) is 2.20. The molecule has 1 amide bonds. The van der Waals surface area contributed by atoms with Gasteiger partial charge in [0.2, 0.25) is 5.91 Å². The zero-order chi connectivity index (χ0) is 20.3. The number of amides is 1. The summed E-state index contributed by atoms with van der Waals surface area (Å²) in [6.07, 6.45) is 5.08. The first-order valence-corrected chi connectivity index (χ1v) is 12.0. The summed E-state index contributed by atoms with van der Waals surface area (Å²) in [6, 6.07) is 4.64. The van der Waals surface area contributed by atoms with E-state index in [0.717, 1.165) is 31.9 Å². The minimum absolute atomic E-state index is 0.0203.